The van der Waals surface area contributed by atoms with E-state index in [0.717, 1.165) is 11.1 Å². The number of carbonyl (C=O) groups is 3. The lowest BCUT2D eigenvalue weighted by atomic mass is 9.71. The fourth-order valence-electron chi connectivity index (χ4n) is 3.01. The summed E-state index contributed by atoms with van der Waals surface area (Å²) in [5.41, 5.74) is 1.40. The number of hydrogen-bond donors (Lipinski definition) is 0. The Morgan fingerprint density at radius 3 is 2.59 bits per heavy atom. The van der Waals surface area contributed by atoms with Gasteiger partial charge in [0.15, 0.2) is 5.78 Å². The first-order valence-electron chi connectivity index (χ1n) is 6.23. The number of carbonyl (C=O) groups excluding carboxylic acids is 3. The molecule has 3 nitrogen and oxygen atoms in total. The van der Waals surface area contributed by atoms with Gasteiger partial charge in [-0.15, -0.1) is 0 Å². The quantitative estimate of drug-likeness (QED) is 0.753. The second-order valence-electron chi connectivity index (χ2n) is 5.34. The molecule has 0 spiro atoms. The van der Waals surface area contributed by atoms with E-state index >= 15 is 0 Å². The van der Waals surface area contributed by atoms with Crippen LogP contribution in [0.5, 0.6) is 0 Å². The van der Waals surface area contributed by atoms with Crippen molar-refractivity contribution in [3.05, 3.63) is 11.1 Å². The number of fused-ring (bicyclic) bond motifs is 1. The van der Waals surface area contributed by atoms with Gasteiger partial charge in [0.25, 0.3) is 0 Å². The normalized spacial score (nSPS) is 28.6. The molecule has 2 aliphatic rings. The highest BCUT2D eigenvalue weighted by molar-refractivity contribution is 6.03. The van der Waals surface area contributed by atoms with Crippen molar-refractivity contribution < 1.29 is 14.4 Å². The van der Waals surface area contributed by atoms with E-state index in [2.05, 4.69) is 0 Å². The maximum absolute atomic E-state index is 11.9. The minimum atomic E-state index is -0.403. The predicted octanol–water partition coefficient (Wildman–Crippen LogP) is 2.38. The Kier molecular flexibility index (Phi) is 3.02. The third-order valence-corrected chi connectivity index (χ3v) is 4.16. The van der Waals surface area contributed by atoms with Crippen molar-refractivity contribution in [3.63, 3.8) is 0 Å². The molecule has 0 aromatic rings. The van der Waals surface area contributed by atoms with Gasteiger partial charge in [0.1, 0.15) is 11.6 Å². The molecule has 0 aromatic heterocycles. The van der Waals surface area contributed by atoms with Crippen LogP contribution in [0.15, 0.2) is 11.1 Å². The minimum absolute atomic E-state index is 0.0995. The summed E-state index contributed by atoms with van der Waals surface area (Å²) in [6.45, 7) is 3.50. The molecule has 0 bridgehead atoms. The summed E-state index contributed by atoms with van der Waals surface area (Å²) in [6, 6.07) is 0. The molecule has 2 rings (SSSR count). The number of Topliss-reactive ketones (excluding diaryl/α,β-unsaturated/α-hetero) is 3. The highest BCUT2D eigenvalue weighted by Crippen LogP contribution is 2.48. The SMILES string of the molecule is CC(=O)CCC1=C2CCC(=O)C2(C)CCC1=O. The molecule has 0 saturated heterocycles. The number of rotatable bonds is 3. The first-order valence-corrected chi connectivity index (χ1v) is 6.23. The smallest absolute Gasteiger partial charge is 0.158 e. The molecular formula is C14H18O3. The maximum atomic E-state index is 11.9. The summed E-state index contributed by atoms with van der Waals surface area (Å²) >= 11 is 0. The molecule has 2 aliphatic carbocycles. The van der Waals surface area contributed by atoms with Crippen LogP contribution in [0.25, 0.3) is 0 Å². The van der Waals surface area contributed by atoms with Gasteiger partial charge in [-0.05, 0) is 44.3 Å². The number of ketones is 3. The molecule has 17 heavy (non-hydrogen) atoms. The predicted molar refractivity (Wildman–Crippen MR) is 63.5 cm³/mol. The summed E-state index contributed by atoms with van der Waals surface area (Å²) in [5, 5.41) is 0. The van der Waals surface area contributed by atoms with Crippen molar-refractivity contribution in [3.8, 4) is 0 Å². The second kappa shape index (κ2) is 4.21. The Morgan fingerprint density at radius 1 is 1.24 bits per heavy atom. The Labute approximate surface area is 101 Å². The molecule has 0 aliphatic heterocycles. The monoisotopic (exact) mass is 234 g/mol. The van der Waals surface area contributed by atoms with Crippen LogP contribution in [-0.2, 0) is 14.4 Å². The zero-order chi connectivity index (χ0) is 12.6. The molecule has 1 fully saturated rings. The van der Waals surface area contributed by atoms with Crippen molar-refractivity contribution >= 4 is 17.3 Å². The topological polar surface area (TPSA) is 51.2 Å². The molecule has 1 atom stereocenters. The van der Waals surface area contributed by atoms with Crippen LogP contribution in [0.2, 0.25) is 0 Å². The van der Waals surface area contributed by atoms with E-state index in [-0.39, 0.29) is 17.3 Å². The molecule has 1 saturated carbocycles. The van der Waals surface area contributed by atoms with E-state index < -0.39 is 5.41 Å². The van der Waals surface area contributed by atoms with Gasteiger partial charge in [-0.1, -0.05) is 0 Å². The van der Waals surface area contributed by atoms with E-state index in [4.69, 9.17) is 0 Å². The standard InChI is InChI=1S/C14H18O3/c1-9(15)3-4-10-11-5-6-13(17)14(11,2)8-7-12(10)16/h3-8H2,1-2H3. The molecule has 3 heteroatoms. The first kappa shape index (κ1) is 12.2. The summed E-state index contributed by atoms with van der Waals surface area (Å²) in [6.07, 6.45) is 3.32. The number of allylic oxidation sites excluding steroid dienone is 2. The van der Waals surface area contributed by atoms with Crippen LogP contribution in [0.3, 0.4) is 0 Å². The van der Waals surface area contributed by atoms with Crippen molar-refractivity contribution in [1.29, 1.82) is 0 Å². The van der Waals surface area contributed by atoms with E-state index in [1.165, 1.54) is 6.92 Å². The zero-order valence-corrected chi connectivity index (χ0v) is 10.5. The Bertz CT molecular complexity index is 431. The van der Waals surface area contributed by atoms with Crippen LogP contribution in [-0.4, -0.2) is 17.3 Å². The van der Waals surface area contributed by atoms with Crippen LogP contribution in [0.4, 0.5) is 0 Å². The summed E-state index contributed by atoms with van der Waals surface area (Å²) in [4.78, 5) is 34.9. The van der Waals surface area contributed by atoms with Crippen LogP contribution in [0.1, 0.15) is 52.4 Å². The molecular weight excluding hydrogens is 216 g/mol. The van der Waals surface area contributed by atoms with Gasteiger partial charge < -0.3 is 4.79 Å². The Hall–Kier alpha value is -1.25. The summed E-state index contributed by atoms with van der Waals surface area (Å²) in [7, 11) is 0. The number of hydrogen-bond acceptors (Lipinski definition) is 3. The van der Waals surface area contributed by atoms with Gasteiger partial charge in [-0.3, -0.25) is 9.59 Å². The second-order valence-corrected chi connectivity index (χ2v) is 5.34. The minimum Gasteiger partial charge on any atom is -0.300 e. The molecule has 0 radical (unpaired) electrons. The Balaban J connectivity index is 2.34. The van der Waals surface area contributed by atoms with E-state index in [9.17, 15) is 14.4 Å². The average molecular weight is 234 g/mol. The van der Waals surface area contributed by atoms with Crippen molar-refractivity contribution in [2.75, 3.05) is 0 Å². The van der Waals surface area contributed by atoms with Crippen LogP contribution in [0, 0.1) is 5.41 Å². The van der Waals surface area contributed by atoms with Crippen molar-refractivity contribution in [2.24, 2.45) is 5.41 Å². The van der Waals surface area contributed by atoms with E-state index in [0.29, 0.717) is 38.5 Å². The van der Waals surface area contributed by atoms with Crippen LogP contribution >= 0.6 is 0 Å². The van der Waals surface area contributed by atoms with E-state index in [1.807, 2.05) is 6.92 Å². The highest BCUT2D eigenvalue weighted by Gasteiger charge is 2.46. The van der Waals surface area contributed by atoms with Gasteiger partial charge >= 0.3 is 0 Å². The molecule has 0 aromatic carbocycles. The van der Waals surface area contributed by atoms with Gasteiger partial charge in [0.05, 0.1) is 0 Å². The molecule has 0 heterocycles. The highest BCUT2D eigenvalue weighted by atomic mass is 16.1. The third kappa shape index (κ3) is 1.99. The zero-order valence-electron chi connectivity index (χ0n) is 10.5. The first-order chi connectivity index (χ1) is 7.95. The van der Waals surface area contributed by atoms with E-state index in [1.54, 1.807) is 0 Å². The fourth-order valence-corrected chi connectivity index (χ4v) is 3.01. The Morgan fingerprint density at radius 2 is 1.94 bits per heavy atom. The lowest BCUT2D eigenvalue weighted by Crippen LogP contribution is -2.30. The van der Waals surface area contributed by atoms with Crippen molar-refractivity contribution in [2.45, 2.75) is 52.4 Å². The molecule has 0 N–H and O–H groups in total. The van der Waals surface area contributed by atoms with Crippen LogP contribution < -0.4 is 0 Å². The maximum Gasteiger partial charge on any atom is 0.158 e. The largest absolute Gasteiger partial charge is 0.300 e. The average Bonchev–Trinajstić information content (AvgIpc) is 2.55. The van der Waals surface area contributed by atoms with Gasteiger partial charge in [0, 0.05) is 24.7 Å². The third-order valence-electron chi connectivity index (χ3n) is 4.16. The molecule has 0 amide bonds. The molecule has 92 valence electrons. The van der Waals surface area contributed by atoms with Crippen molar-refractivity contribution in [1.82, 2.24) is 0 Å². The van der Waals surface area contributed by atoms with Gasteiger partial charge in [0.2, 0.25) is 0 Å². The van der Waals surface area contributed by atoms with Gasteiger partial charge in [-0.2, -0.15) is 0 Å². The van der Waals surface area contributed by atoms with Gasteiger partial charge in [-0.25, -0.2) is 0 Å². The lowest BCUT2D eigenvalue weighted by molar-refractivity contribution is -0.125. The lowest BCUT2D eigenvalue weighted by Gasteiger charge is -2.31. The summed E-state index contributed by atoms with van der Waals surface area (Å²) in [5.74, 6) is 0.510. The fraction of sp³-hybridized carbons (Fsp3) is 0.643. The molecule has 1 unspecified atom stereocenters. The summed E-state index contributed by atoms with van der Waals surface area (Å²) < 4.78 is 0.